The third-order valence-corrected chi connectivity index (χ3v) is 6.72. The Balaban J connectivity index is 1.90. The summed E-state index contributed by atoms with van der Waals surface area (Å²) in [6.45, 7) is 7.94. The Hall–Kier alpha value is -4.74. The molecule has 1 saturated heterocycles. The number of nitrogens with one attached hydrogen (secondary N) is 2. The molecule has 3 rings (SSSR count). The second-order valence-corrected chi connectivity index (χ2v) is 11.7. The minimum absolute atomic E-state index is 0.0428. The molecular weight excluding hydrogens is 584 g/mol. The number of alkyl carbamates (subject to hydrolysis) is 1. The van der Waals surface area contributed by atoms with Crippen molar-refractivity contribution in [2.24, 2.45) is 21.6 Å². The average molecular weight is 625 g/mol. The van der Waals surface area contributed by atoms with Gasteiger partial charge in [0.1, 0.15) is 48.7 Å². The monoisotopic (exact) mass is 624 g/mol. The third kappa shape index (κ3) is 8.90. The van der Waals surface area contributed by atoms with Crippen molar-refractivity contribution in [3.63, 3.8) is 0 Å². The number of aliphatic imine (C=N–C) groups is 2. The number of rotatable bonds is 11. The Bertz CT molecular complexity index is 1440. The lowest BCUT2D eigenvalue weighted by Gasteiger charge is -2.28. The summed E-state index contributed by atoms with van der Waals surface area (Å²) in [5, 5.41) is 24.4. The zero-order valence-corrected chi connectivity index (χ0v) is 26.1. The van der Waals surface area contributed by atoms with Gasteiger partial charge in [-0.25, -0.2) is 14.6 Å². The number of aromatic amines is 1. The van der Waals surface area contributed by atoms with Crippen LogP contribution in [-0.2, 0) is 40.6 Å². The number of carbonyl (C=O) groups is 3. The van der Waals surface area contributed by atoms with Gasteiger partial charge in [-0.15, -0.1) is 0 Å². The maximum Gasteiger partial charge on any atom is 0.408 e. The number of hydrogen-bond acceptors (Lipinski definition) is 10. The summed E-state index contributed by atoms with van der Waals surface area (Å²) < 4.78 is 22.5. The Labute approximate surface area is 261 Å². The zero-order valence-electron chi connectivity index (χ0n) is 26.1. The van der Waals surface area contributed by atoms with Crippen molar-refractivity contribution < 1.29 is 38.4 Å². The number of H-pyrrole nitrogens is 1. The molecule has 1 amide bonds. The predicted molar refractivity (Wildman–Crippen MR) is 163 cm³/mol. The molecule has 0 spiro atoms. The van der Waals surface area contributed by atoms with Gasteiger partial charge in [0.15, 0.2) is 6.10 Å². The van der Waals surface area contributed by atoms with E-state index in [4.69, 9.17) is 24.7 Å². The second-order valence-electron chi connectivity index (χ2n) is 11.7. The number of amidine groups is 1. The van der Waals surface area contributed by atoms with E-state index in [-0.39, 0.29) is 18.0 Å². The van der Waals surface area contributed by atoms with Crippen LogP contribution in [0.2, 0.25) is 0 Å². The SMILES string of the molecule is CN=CN=C(N)c1ccc([C@]2(C#N)O[C@H](COC(=O)Cc3ccccc3)[C@@H](OC(=O)[C@@H](NC(=O)OC(C)(C)C)C(C)C)[C@H]2O)[nH]1. The van der Waals surface area contributed by atoms with Crippen molar-refractivity contribution in [1.82, 2.24) is 10.3 Å². The molecule has 1 fully saturated rings. The van der Waals surface area contributed by atoms with Gasteiger partial charge in [-0.2, -0.15) is 5.26 Å². The number of nitriles is 1. The number of nitrogens with zero attached hydrogens (tertiary/aromatic N) is 3. The number of benzene rings is 1. The fourth-order valence-electron chi connectivity index (χ4n) is 4.53. The minimum Gasteiger partial charge on any atom is -0.463 e. The lowest BCUT2D eigenvalue weighted by molar-refractivity contribution is -0.163. The fourth-order valence-corrected chi connectivity index (χ4v) is 4.53. The van der Waals surface area contributed by atoms with Gasteiger partial charge in [-0.3, -0.25) is 9.79 Å². The van der Waals surface area contributed by atoms with Crippen molar-refractivity contribution in [3.05, 3.63) is 59.4 Å². The quantitative estimate of drug-likeness (QED) is 0.124. The van der Waals surface area contributed by atoms with Crippen LogP contribution in [0.5, 0.6) is 0 Å². The van der Waals surface area contributed by atoms with Crippen molar-refractivity contribution in [2.45, 2.75) is 76.6 Å². The van der Waals surface area contributed by atoms with Gasteiger partial charge >= 0.3 is 18.0 Å². The first-order chi connectivity index (χ1) is 21.2. The lowest BCUT2D eigenvalue weighted by atomic mass is 9.92. The van der Waals surface area contributed by atoms with Gasteiger partial charge < -0.3 is 40.1 Å². The Morgan fingerprint density at radius 1 is 1.22 bits per heavy atom. The molecule has 0 bridgehead atoms. The summed E-state index contributed by atoms with van der Waals surface area (Å²) in [6, 6.07) is 12.7. The lowest BCUT2D eigenvalue weighted by Crippen LogP contribution is -2.50. The van der Waals surface area contributed by atoms with Crippen molar-refractivity contribution in [1.29, 1.82) is 5.26 Å². The molecule has 14 heteroatoms. The first-order valence-corrected chi connectivity index (χ1v) is 14.3. The number of carbonyl (C=O) groups excluding carboxylic acids is 3. The van der Waals surface area contributed by atoms with Crippen LogP contribution in [0.1, 0.15) is 51.6 Å². The van der Waals surface area contributed by atoms with Crippen LogP contribution < -0.4 is 11.1 Å². The number of esters is 2. The highest BCUT2D eigenvalue weighted by Gasteiger charge is 2.59. The van der Waals surface area contributed by atoms with E-state index in [0.717, 1.165) is 0 Å². The normalized spacial score (nSPS) is 22.6. The summed E-state index contributed by atoms with van der Waals surface area (Å²) in [7, 11) is 1.52. The van der Waals surface area contributed by atoms with Crippen LogP contribution in [0, 0.1) is 17.2 Å². The van der Waals surface area contributed by atoms with Gasteiger partial charge in [0.05, 0.1) is 17.8 Å². The Morgan fingerprint density at radius 2 is 1.91 bits per heavy atom. The molecule has 2 heterocycles. The topological polar surface area (TPSA) is 211 Å². The molecule has 14 nitrogen and oxygen atoms in total. The molecule has 0 aliphatic carbocycles. The number of amides is 1. The molecule has 0 radical (unpaired) electrons. The highest BCUT2D eigenvalue weighted by atomic mass is 16.6. The number of ether oxygens (including phenoxy) is 4. The number of aliphatic hydroxyl groups is 1. The molecule has 1 aromatic carbocycles. The molecule has 1 aliphatic heterocycles. The maximum absolute atomic E-state index is 13.4. The molecule has 1 aromatic heterocycles. The Kier molecular flexibility index (Phi) is 11.4. The van der Waals surface area contributed by atoms with Gasteiger partial charge in [0.2, 0.25) is 5.60 Å². The van der Waals surface area contributed by atoms with E-state index in [9.17, 15) is 24.8 Å². The van der Waals surface area contributed by atoms with Crippen LogP contribution in [0.15, 0.2) is 52.4 Å². The molecule has 242 valence electrons. The van der Waals surface area contributed by atoms with Crippen molar-refractivity contribution in [3.8, 4) is 6.07 Å². The van der Waals surface area contributed by atoms with Gasteiger partial charge in [0, 0.05) is 7.05 Å². The van der Waals surface area contributed by atoms with Crippen LogP contribution in [0.3, 0.4) is 0 Å². The smallest absolute Gasteiger partial charge is 0.408 e. The van der Waals surface area contributed by atoms with Crippen LogP contribution in [0.25, 0.3) is 0 Å². The number of aliphatic hydroxyl groups excluding tert-OH is 1. The maximum atomic E-state index is 13.4. The first-order valence-electron chi connectivity index (χ1n) is 14.3. The average Bonchev–Trinajstić information content (AvgIpc) is 3.57. The first kappa shape index (κ1) is 34.7. The summed E-state index contributed by atoms with van der Waals surface area (Å²) in [4.78, 5) is 49.2. The second kappa shape index (κ2) is 14.8. The van der Waals surface area contributed by atoms with Gasteiger partial charge in [0.25, 0.3) is 0 Å². The van der Waals surface area contributed by atoms with E-state index in [0.29, 0.717) is 11.3 Å². The number of aromatic nitrogens is 1. The van der Waals surface area contributed by atoms with E-state index in [1.807, 2.05) is 12.1 Å². The molecule has 2 aromatic rings. The minimum atomic E-state index is -2.09. The summed E-state index contributed by atoms with van der Waals surface area (Å²) in [5.41, 5.74) is 4.18. The van der Waals surface area contributed by atoms with Crippen molar-refractivity contribution >= 4 is 30.2 Å². The summed E-state index contributed by atoms with van der Waals surface area (Å²) in [5.74, 6) is -1.92. The highest BCUT2D eigenvalue weighted by Crippen LogP contribution is 2.41. The molecule has 1 aliphatic rings. The number of nitrogens with two attached hydrogens (primary N) is 1. The van der Waals surface area contributed by atoms with Crippen LogP contribution in [-0.4, -0.2) is 83.9 Å². The largest absolute Gasteiger partial charge is 0.463 e. The molecule has 5 atom stereocenters. The van der Waals surface area contributed by atoms with E-state index in [2.05, 4.69) is 20.3 Å². The molecule has 45 heavy (non-hydrogen) atoms. The van der Waals surface area contributed by atoms with Gasteiger partial charge in [-0.05, 0) is 44.4 Å². The van der Waals surface area contributed by atoms with Crippen LogP contribution in [0.4, 0.5) is 4.79 Å². The van der Waals surface area contributed by atoms with Gasteiger partial charge in [-0.1, -0.05) is 44.2 Å². The summed E-state index contributed by atoms with van der Waals surface area (Å²) >= 11 is 0. The van der Waals surface area contributed by atoms with E-state index >= 15 is 0 Å². The van der Waals surface area contributed by atoms with E-state index in [1.54, 1.807) is 58.9 Å². The van der Waals surface area contributed by atoms with E-state index < -0.39 is 66.1 Å². The predicted octanol–water partition coefficient (Wildman–Crippen LogP) is 2.10. The van der Waals surface area contributed by atoms with E-state index in [1.165, 1.54) is 25.5 Å². The molecule has 0 unspecified atom stereocenters. The van der Waals surface area contributed by atoms with Crippen LogP contribution >= 0.6 is 0 Å². The summed E-state index contributed by atoms with van der Waals surface area (Å²) in [6.07, 6.45) is -4.18. The molecule has 0 saturated carbocycles. The highest BCUT2D eigenvalue weighted by molar-refractivity contribution is 5.99. The molecule has 5 N–H and O–H groups in total. The third-order valence-electron chi connectivity index (χ3n) is 6.72. The Morgan fingerprint density at radius 3 is 2.51 bits per heavy atom. The number of hydrogen-bond donors (Lipinski definition) is 4. The van der Waals surface area contributed by atoms with Crippen molar-refractivity contribution in [2.75, 3.05) is 13.7 Å². The zero-order chi connectivity index (χ0) is 33.4. The fraction of sp³-hybridized carbons (Fsp3) is 0.484. The standard InChI is InChI=1S/C31H40N6O8/c1-18(2)24(37-29(41)45-30(3,4)5)28(40)43-25-21(15-42-23(38)14-19-10-8-7-9-11-19)44-31(16-32,26(25)39)22-13-12-20(36-22)27(33)35-17-34-6/h7-13,17-18,21,24-26,36,39H,14-15H2,1-6H3,(H,37,41)(H2,33,34,35)/t21-,24+,25-,26-,31+/m1/s1. The molecular formula is C31H40N6O8.